The molecule has 2 aliphatic rings. The van der Waals surface area contributed by atoms with Gasteiger partial charge in [-0.05, 0) is 103 Å². The van der Waals surface area contributed by atoms with E-state index < -0.39 is 41.6 Å². The Morgan fingerprint density at radius 3 is 2.48 bits per heavy atom. The van der Waals surface area contributed by atoms with Crippen molar-refractivity contribution < 1.29 is 37.7 Å². The first-order chi connectivity index (χ1) is 24.9. The maximum absolute atomic E-state index is 14.4. The van der Waals surface area contributed by atoms with Gasteiger partial charge in [0.2, 0.25) is 5.88 Å². The molecule has 1 saturated heterocycles. The van der Waals surface area contributed by atoms with Gasteiger partial charge in [0.25, 0.3) is 11.8 Å². The third kappa shape index (κ3) is 12.0. The fourth-order valence-corrected chi connectivity index (χ4v) is 6.70. The van der Waals surface area contributed by atoms with Crippen LogP contribution in [0.15, 0.2) is 18.3 Å². The normalized spacial score (nSPS) is 21.6. The van der Waals surface area contributed by atoms with Crippen LogP contribution in [0.1, 0.15) is 95.0 Å². The number of hydrogen-bond donors (Lipinski definition) is 4. The molecule has 0 bridgehead atoms. The Morgan fingerprint density at radius 1 is 1.08 bits per heavy atom. The number of nitrogens with two attached hydrogens (primary N) is 1. The van der Waals surface area contributed by atoms with Crippen molar-refractivity contribution in [2.45, 2.75) is 96.9 Å². The van der Waals surface area contributed by atoms with Gasteiger partial charge in [0.15, 0.2) is 6.17 Å². The highest BCUT2D eigenvalue weighted by Gasteiger charge is 2.41. The Bertz CT molecular complexity index is 1580. The molecule has 286 valence electrons. The predicted octanol–water partition coefficient (Wildman–Crippen LogP) is 5.04. The lowest BCUT2D eigenvalue weighted by atomic mass is 9.81. The first-order valence-corrected chi connectivity index (χ1v) is 18.5. The average Bonchev–Trinajstić information content (AvgIpc) is 3.39. The second-order valence-corrected chi connectivity index (χ2v) is 14.6. The molecule has 3 atom stereocenters. The SMILES string of the molecule is CC[C@@H]1[C@H](F)C(=O)N[C@@H]1COc1ncc(C#CC2CCC(CCNCCCOCCCNC(=O)OC(C)(C)C)CC2)c2cc(C(N)=O)c(OC)cc12. The van der Waals surface area contributed by atoms with E-state index >= 15 is 0 Å². The van der Waals surface area contributed by atoms with Gasteiger partial charge in [0.1, 0.15) is 18.0 Å². The molecule has 2 heterocycles. The van der Waals surface area contributed by atoms with Crippen molar-refractivity contribution in [3.63, 3.8) is 0 Å². The molecule has 0 unspecified atom stereocenters. The third-order valence-corrected chi connectivity index (χ3v) is 9.54. The van der Waals surface area contributed by atoms with Crippen molar-refractivity contribution in [2.24, 2.45) is 23.5 Å². The van der Waals surface area contributed by atoms with Gasteiger partial charge < -0.3 is 40.6 Å². The van der Waals surface area contributed by atoms with Gasteiger partial charge >= 0.3 is 6.09 Å². The molecule has 2 aromatic rings. The van der Waals surface area contributed by atoms with E-state index in [1.54, 1.807) is 18.3 Å². The molecule has 2 fully saturated rings. The summed E-state index contributed by atoms with van der Waals surface area (Å²) in [4.78, 5) is 40.4. The van der Waals surface area contributed by atoms with Crippen molar-refractivity contribution >= 4 is 28.7 Å². The molecule has 1 saturated carbocycles. The van der Waals surface area contributed by atoms with E-state index in [1.165, 1.54) is 7.11 Å². The number of halogens is 1. The summed E-state index contributed by atoms with van der Waals surface area (Å²) in [6.45, 7) is 11.1. The molecule has 13 heteroatoms. The molecule has 1 aliphatic carbocycles. The van der Waals surface area contributed by atoms with Gasteiger partial charge in [-0.1, -0.05) is 18.8 Å². The zero-order chi connectivity index (χ0) is 37.7. The van der Waals surface area contributed by atoms with Crippen LogP contribution in [0.2, 0.25) is 0 Å². The van der Waals surface area contributed by atoms with E-state index in [1.807, 2.05) is 27.7 Å². The Labute approximate surface area is 306 Å². The van der Waals surface area contributed by atoms with E-state index in [0.29, 0.717) is 48.4 Å². The van der Waals surface area contributed by atoms with Crippen LogP contribution in [0.4, 0.5) is 9.18 Å². The van der Waals surface area contributed by atoms with Crippen LogP contribution in [0.5, 0.6) is 11.6 Å². The lowest BCUT2D eigenvalue weighted by molar-refractivity contribution is -0.124. The molecular weight excluding hydrogens is 669 g/mol. The van der Waals surface area contributed by atoms with Crippen LogP contribution >= 0.6 is 0 Å². The Kier molecular flexibility index (Phi) is 15.3. The molecule has 3 amide bonds. The minimum absolute atomic E-state index is 0.0445. The molecule has 1 aromatic carbocycles. The number of alkyl carbamates (subject to hydrolysis) is 1. The second-order valence-electron chi connectivity index (χ2n) is 14.6. The largest absolute Gasteiger partial charge is 0.496 e. The van der Waals surface area contributed by atoms with Gasteiger partial charge in [-0.15, -0.1) is 0 Å². The highest BCUT2D eigenvalue weighted by Crippen LogP contribution is 2.34. The summed E-state index contributed by atoms with van der Waals surface area (Å²) < 4.78 is 36.7. The smallest absolute Gasteiger partial charge is 0.407 e. The standard InChI is InChI=1S/C39H56FN5O7/c1-6-28-32(45-36(47)34(28)40)24-51-37-30-22-33(49-5)31(35(41)46)21-29(30)27(23-44-37)14-13-25-9-11-26(12-10-25)15-18-42-16-7-19-50-20-8-17-43-38(48)52-39(2,3)4/h21-23,25-26,28,32,34,42H,6-12,15-20,24H2,1-5H3,(H2,41,46)(H,43,48)(H,45,47)/t25?,26?,28-,32+,34-/m0/s1. The van der Waals surface area contributed by atoms with E-state index in [2.05, 4.69) is 32.8 Å². The van der Waals surface area contributed by atoms with Crippen LogP contribution in [0, 0.1) is 29.6 Å². The molecule has 12 nitrogen and oxygen atoms in total. The number of pyridine rings is 1. The first-order valence-electron chi connectivity index (χ1n) is 18.5. The maximum atomic E-state index is 14.4. The zero-order valence-electron chi connectivity index (χ0n) is 31.3. The number of carbonyl (C=O) groups is 3. The minimum atomic E-state index is -1.57. The number of ether oxygens (including phenoxy) is 4. The van der Waals surface area contributed by atoms with Gasteiger partial charge in [0, 0.05) is 48.6 Å². The average molecular weight is 726 g/mol. The fourth-order valence-electron chi connectivity index (χ4n) is 6.70. The number of nitrogens with one attached hydrogen (secondary N) is 3. The monoisotopic (exact) mass is 725 g/mol. The van der Waals surface area contributed by atoms with Crippen molar-refractivity contribution in [1.29, 1.82) is 0 Å². The first kappa shape index (κ1) is 40.6. The zero-order valence-corrected chi connectivity index (χ0v) is 31.3. The second kappa shape index (κ2) is 19.6. The summed E-state index contributed by atoms with van der Waals surface area (Å²) in [7, 11) is 1.45. The van der Waals surface area contributed by atoms with E-state index in [0.717, 1.165) is 58.0 Å². The number of aromatic nitrogens is 1. The van der Waals surface area contributed by atoms with Gasteiger partial charge in [-0.25, -0.2) is 14.2 Å². The van der Waals surface area contributed by atoms with Crippen molar-refractivity contribution in [3.8, 4) is 23.5 Å². The fraction of sp³-hybridized carbons (Fsp3) is 0.641. The lowest BCUT2D eigenvalue weighted by Gasteiger charge is -2.25. The third-order valence-electron chi connectivity index (χ3n) is 9.54. The molecule has 0 radical (unpaired) electrons. The maximum Gasteiger partial charge on any atom is 0.407 e. The minimum Gasteiger partial charge on any atom is -0.496 e. The molecular formula is C39H56FN5O7. The predicted molar refractivity (Wildman–Crippen MR) is 197 cm³/mol. The summed E-state index contributed by atoms with van der Waals surface area (Å²) in [6.07, 6.45) is 7.21. The number of carbonyl (C=O) groups excluding carboxylic acids is 3. The van der Waals surface area contributed by atoms with E-state index in [-0.39, 0.29) is 29.7 Å². The number of rotatable bonds is 17. The number of fused-ring (bicyclic) bond motifs is 1. The van der Waals surface area contributed by atoms with Crippen LogP contribution in [0.3, 0.4) is 0 Å². The molecule has 1 aromatic heterocycles. The Hall–Kier alpha value is -4.15. The van der Waals surface area contributed by atoms with Crippen LogP contribution in [-0.4, -0.2) is 87.3 Å². The van der Waals surface area contributed by atoms with Gasteiger partial charge in [-0.3, -0.25) is 9.59 Å². The summed E-state index contributed by atoms with van der Waals surface area (Å²) in [6, 6.07) is 2.83. The molecule has 5 N–H and O–H groups in total. The Balaban J connectivity index is 1.22. The van der Waals surface area contributed by atoms with E-state index in [9.17, 15) is 18.8 Å². The summed E-state index contributed by atoms with van der Waals surface area (Å²) >= 11 is 0. The van der Waals surface area contributed by atoms with Crippen molar-refractivity contribution in [3.05, 3.63) is 29.5 Å². The number of nitrogens with zero attached hydrogens (tertiary/aromatic N) is 1. The quantitative estimate of drug-likeness (QED) is 0.129. The van der Waals surface area contributed by atoms with Crippen LogP contribution < -0.4 is 31.2 Å². The lowest BCUT2D eigenvalue weighted by Crippen LogP contribution is -2.34. The Morgan fingerprint density at radius 2 is 1.81 bits per heavy atom. The molecule has 0 spiro atoms. The highest BCUT2D eigenvalue weighted by atomic mass is 19.1. The van der Waals surface area contributed by atoms with Crippen molar-refractivity contribution in [1.82, 2.24) is 20.9 Å². The van der Waals surface area contributed by atoms with E-state index in [4.69, 9.17) is 24.7 Å². The number of benzene rings is 1. The number of amides is 3. The van der Waals surface area contributed by atoms with Crippen LogP contribution in [0.25, 0.3) is 10.8 Å². The molecule has 52 heavy (non-hydrogen) atoms. The number of alkyl halides is 1. The number of hydrogen-bond acceptors (Lipinski definition) is 9. The summed E-state index contributed by atoms with van der Waals surface area (Å²) in [5.41, 5.74) is 6.04. The van der Waals surface area contributed by atoms with Gasteiger partial charge in [-0.2, -0.15) is 0 Å². The topological polar surface area (TPSA) is 163 Å². The number of primary amides is 1. The number of methoxy groups -OCH3 is 1. The highest BCUT2D eigenvalue weighted by molar-refractivity contribution is 6.03. The van der Waals surface area contributed by atoms with Gasteiger partial charge in [0.05, 0.1) is 24.3 Å². The summed E-state index contributed by atoms with van der Waals surface area (Å²) in [5, 5.41) is 10.2. The summed E-state index contributed by atoms with van der Waals surface area (Å²) in [5.74, 6) is 6.48. The molecule has 1 aliphatic heterocycles. The molecule has 4 rings (SSSR count). The van der Waals surface area contributed by atoms with Crippen molar-refractivity contribution in [2.75, 3.05) is 46.6 Å². The van der Waals surface area contributed by atoms with Crippen LogP contribution in [-0.2, 0) is 14.3 Å².